The van der Waals surface area contributed by atoms with Crippen LogP contribution in [0.2, 0.25) is 0 Å². The van der Waals surface area contributed by atoms with Gasteiger partial charge in [0.25, 0.3) is 5.91 Å². The summed E-state index contributed by atoms with van der Waals surface area (Å²) in [5.41, 5.74) is 0.398. The second-order valence-corrected chi connectivity index (χ2v) is 5.21. The molecule has 1 saturated carbocycles. The summed E-state index contributed by atoms with van der Waals surface area (Å²) >= 11 is 0. The van der Waals surface area contributed by atoms with Gasteiger partial charge in [0.2, 0.25) is 0 Å². The number of amides is 1. The molecule has 5 nitrogen and oxygen atoms in total. The lowest BCUT2D eigenvalue weighted by atomic mass is 10.0. The Hall–Kier alpha value is -1.88. The Morgan fingerprint density at radius 3 is 2.95 bits per heavy atom. The number of hydrogen-bond donors (Lipinski definition) is 2. The highest BCUT2D eigenvalue weighted by molar-refractivity contribution is 5.92. The number of pyridine rings is 1. The number of carbonyl (C=O) groups is 1. The highest BCUT2D eigenvalue weighted by atomic mass is 16.3. The number of hydrogen-bond acceptors (Lipinski definition) is 3. The first kappa shape index (κ1) is 12.2. The fourth-order valence-corrected chi connectivity index (χ4v) is 2.59. The van der Waals surface area contributed by atoms with E-state index in [1.807, 2.05) is 24.4 Å². The molecule has 0 bridgehead atoms. The molecule has 2 heterocycles. The third kappa shape index (κ3) is 2.46. The van der Waals surface area contributed by atoms with E-state index in [4.69, 9.17) is 0 Å². The number of carbonyl (C=O) groups excluding carboxylic acids is 1. The van der Waals surface area contributed by atoms with Crippen LogP contribution in [0, 0.1) is 0 Å². The Kier molecular flexibility index (Phi) is 2.98. The topological polar surface area (TPSA) is 66.6 Å². The molecule has 1 amide bonds. The van der Waals surface area contributed by atoms with Crippen LogP contribution in [0.4, 0.5) is 0 Å². The smallest absolute Gasteiger partial charge is 0.271 e. The molecule has 100 valence electrons. The Morgan fingerprint density at radius 2 is 2.21 bits per heavy atom. The second-order valence-electron chi connectivity index (χ2n) is 5.21. The summed E-state index contributed by atoms with van der Waals surface area (Å²) in [5.74, 6) is -0.232. The van der Waals surface area contributed by atoms with Gasteiger partial charge in [0.15, 0.2) is 0 Å². The number of nitrogens with zero attached hydrogens (tertiary/aromatic N) is 2. The minimum Gasteiger partial charge on any atom is -0.388 e. The van der Waals surface area contributed by atoms with Crippen LogP contribution in [0.15, 0.2) is 30.6 Å². The van der Waals surface area contributed by atoms with Gasteiger partial charge in [0.05, 0.1) is 5.60 Å². The Bertz CT molecular complexity index is 567. The molecule has 2 N–H and O–H groups in total. The lowest BCUT2D eigenvalue weighted by Gasteiger charge is -2.21. The molecule has 0 atom stereocenters. The van der Waals surface area contributed by atoms with Crippen LogP contribution < -0.4 is 5.32 Å². The van der Waals surface area contributed by atoms with E-state index < -0.39 is 5.60 Å². The molecule has 19 heavy (non-hydrogen) atoms. The fraction of sp³-hybridized carbons (Fsp3) is 0.429. The molecular weight excluding hydrogens is 242 g/mol. The number of fused-ring (bicyclic) bond motifs is 1. The molecule has 1 aliphatic carbocycles. The van der Waals surface area contributed by atoms with E-state index in [0.717, 1.165) is 31.3 Å². The highest BCUT2D eigenvalue weighted by Crippen LogP contribution is 2.28. The molecule has 1 aliphatic rings. The zero-order valence-corrected chi connectivity index (χ0v) is 10.7. The molecule has 1 fully saturated rings. The summed E-state index contributed by atoms with van der Waals surface area (Å²) in [6.45, 7) is 0.305. The molecule has 0 radical (unpaired) electrons. The maximum Gasteiger partial charge on any atom is 0.271 e. The third-order valence-corrected chi connectivity index (χ3v) is 3.71. The van der Waals surface area contributed by atoms with E-state index in [2.05, 4.69) is 10.3 Å². The van der Waals surface area contributed by atoms with Crippen molar-refractivity contribution >= 4 is 11.6 Å². The van der Waals surface area contributed by atoms with Gasteiger partial charge in [-0.05, 0) is 25.0 Å². The zero-order chi connectivity index (χ0) is 13.3. The van der Waals surface area contributed by atoms with Crippen LogP contribution in [-0.4, -0.2) is 32.5 Å². The summed E-state index contributed by atoms with van der Waals surface area (Å²) in [7, 11) is 0. The molecule has 0 saturated heterocycles. The highest BCUT2D eigenvalue weighted by Gasteiger charge is 2.31. The van der Waals surface area contributed by atoms with Gasteiger partial charge in [0, 0.05) is 18.9 Å². The molecule has 3 rings (SSSR count). The predicted molar refractivity (Wildman–Crippen MR) is 70.9 cm³/mol. The van der Waals surface area contributed by atoms with Crippen LogP contribution in [0.3, 0.4) is 0 Å². The lowest BCUT2D eigenvalue weighted by molar-refractivity contribution is 0.0449. The van der Waals surface area contributed by atoms with Crippen molar-refractivity contribution in [2.75, 3.05) is 6.54 Å². The van der Waals surface area contributed by atoms with Gasteiger partial charge in [-0.2, -0.15) is 0 Å². The standard InChI is InChI=1S/C14H17N3O2/c18-13(15-10-14(19)6-2-3-7-14)11-9-17-8-4-1-5-12(17)16-11/h1,4-5,8-9,19H,2-3,6-7,10H2,(H,15,18). The quantitative estimate of drug-likeness (QED) is 0.875. The number of imidazole rings is 1. The van der Waals surface area contributed by atoms with Crippen LogP contribution >= 0.6 is 0 Å². The number of aliphatic hydroxyl groups is 1. The molecule has 0 spiro atoms. The SMILES string of the molecule is O=C(NCC1(O)CCCC1)c1cn2ccccc2n1. The maximum atomic E-state index is 12.0. The second kappa shape index (κ2) is 4.66. The fourth-order valence-electron chi connectivity index (χ4n) is 2.59. The number of rotatable bonds is 3. The van der Waals surface area contributed by atoms with Gasteiger partial charge in [-0.3, -0.25) is 4.79 Å². The van der Waals surface area contributed by atoms with E-state index in [-0.39, 0.29) is 5.91 Å². The van der Waals surface area contributed by atoms with Crippen molar-refractivity contribution in [1.82, 2.24) is 14.7 Å². The average molecular weight is 259 g/mol. The summed E-state index contributed by atoms with van der Waals surface area (Å²) < 4.78 is 1.80. The normalized spacial score (nSPS) is 17.7. The Morgan fingerprint density at radius 1 is 1.42 bits per heavy atom. The van der Waals surface area contributed by atoms with Crippen molar-refractivity contribution in [2.24, 2.45) is 0 Å². The molecule has 0 aliphatic heterocycles. The Balaban J connectivity index is 1.69. The predicted octanol–water partition coefficient (Wildman–Crippen LogP) is 1.37. The average Bonchev–Trinajstić information content (AvgIpc) is 3.02. The first-order chi connectivity index (χ1) is 9.16. The summed E-state index contributed by atoms with van der Waals surface area (Å²) in [5, 5.41) is 13.0. The van der Waals surface area contributed by atoms with Crippen LogP contribution in [0.5, 0.6) is 0 Å². The van der Waals surface area contributed by atoms with Crippen molar-refractivity contribution in [2.45, 2.75) is 31.3 Å². The molecular formula is C14H17N3O2. The minimum atomic E-state index is -0.727. The summed E-state index contributed by atoms with van der Waals surface area (Å²) in [4.78, 5) is 16.3. The first-order valence-electron chi connectivity index (χ1n) is 6.61. The van der Waals surface area contributed by atoms with Gasteiger partial charge in [-0.25, -0.2) is 4.98 Å². The summed E-state index contributed by atoms with van der Waals surface area (Å²) in [6, 6.07) is 5.62. The van der Waals surface area contributed by atoms with Gasteiger partial charge in [0.1, 0.15) is 11.3 Å². The van der Waals surface area contributed by atoms with Gasteiger partial charge in [-0.1, -0.05) is 18.9 Å². The maximum absolute atomic E-state index is 12.0. The molecule has 2 aromatic heterocycles. The van der Waals surface area contributed by atoms with E-state index in [0.29, 0.717) is 12.2 Å². The molecule has 5 heteroatoms. The number of nitrogens with one attached hydrogen (secondary N) is 1. The first-order valence-corrected chi connectivity index (χ1v) is 6.61. The van der Waals surface area contributed by atoms with Crippen LogP contribution in [-0.2, 0) is 0 Å². The molecule has 0 aromatic carbocycles. The molecule has 2 aromatic rings. The largest absolute Gasteiger partial charge is 0.388 e. The van der Waals surface area contributed by atoms with Crippen molar-refractivity contribution in [3.8, 4) is 0 Å². The van der Waals surface area contributed by atoms with Crippen LogP contribution in [0.25, 0.3) is 5.65 Å². The van der Waals surface area contributed by atoms with E-state index in [1.165, 1.54) is 0 Å². The monoisotopic (exact) mass is 259 g/mol. The van der Waals surface area contributed by atoms with E-state index >= 15 is 0 Å². The molecule has 0 unspecified atom stereocenters. The van der Waals surface area contributed by atoms with E-state index in [9.17, 15) is 9.90 Å². The minimum absolute atomic E-state index is 0.232. The van der Waals surface area contributed by atoms with Gasteiger partial charge < -0.3 is 14.8 Å². The van der Waals surface area contributed by atoms with Gasteiger partial charge >= 0.3 is 0 Å². The van der Waals surface area contributed by atoms with Crippen LogP contribution in [0.1, 0.15) is 36.2 Å². The van der Waals surface area contributed by atoms with Crippen molar-refractivity contribution < 1.29 is 9.90 Å². The van der Waals surface area contributed by atoms with Gasteiger partial charge in [-0.15, -0.1) is 0 Å². The van der Waals surface area contributed by atoms with Crippen molar-refractivity contribution in [3.05, 3.63) is 36.3 Å². The lowest BCUT2D eigenvalue weighted by Crippen LogP contribution is -2.40. The van der Waals surface area contributed by atoms with Crippen molar-refractivity contribution in [3.63, 3.8) is 0 Å². The Labute approximate surface area is 111 Å². The zero-order valence-electron chi connectivity index (χ0n) is 10.7. The summed E-state index contributed by atoms with van der Waals surface area (Å²) in [6.07, 6.45) is 7.13. The van der Waals surface area contributed by atoms with E-state index in [1.54, 1.807) is 10.6 Å². The third-order valence-electron chi connectivity index (χ3n) is 3.71. The van der Waals surface area contributed by atoms with Crippen molar-refractivity contribution in [1.29, 1.82) is 0 Å². The number of aromatic nitrogens is 2.